The molecule has 0 saturated carbocycles. The van der Waals surface area contributed by atoms with Crippen LogP contribution >= 0.6 is 0 Å². The van der Waals surface area contributed by atoms with Crippen LogP contribution in [0.5, 0.6) is 0 Å². The number of benzene rings is 1. The van der Waals surface area contributed by atoms with Crippen molar-refractivity contribution < 1.29 is 4.79 Å². The van der Waals surface area contributed by atoms with Crippen LogP contribution in [0.4, 0.5) is 5.69 Å². The minimum absolute atomic E-state index is 0.0507. The molecule has 0 radical (unpaired) electrons. The second-order valence-electron chi connectivity index (χ2n) is 5.12. The van der Waals surface area contributed by atoms with Crippen LogP contribution in [0, 0.1) is 13.8 Å². The van der Waals surface area contributed by atoms with Gasteiger partial charge in [-0.2, -0.15) is 0 Å². The number of carbonyl (C=O) groups excluding carboxylic acids is 1. The summed E-state index contributed by atoms with van der Waals surface area (Å²) >= 11 is 0. The van der Waals surface area contributed by atoms with E-state index in [9.17, 15) is 4.79 Å². The number of carbonyl (C=O) groups is 1. The number of anilines is 1. The second-order valence-corrected chi connectivity index (χ2v) is 5.12. The molecule has 18 heavy (non-hydrogen) atoms. The monoisotopic (exact) mass is 246 g/mol. The maximum Gasteiger partial charge on any atom is 0.248 e. The van der Waals surface area contributed by atoms with Crippen molar-refractivity contribution in [3.05, 3.63) is 28.8 Å². The molecule has 1 amide bonds. The van der Waals surface area contributed by atoms with E-state index in [1.54, 1.807) is 0 Å². The van der Waals surface area contributed by atoms with Gasteiger partial charge in [0.25, 0.3) is 0 Å². The van der Waals surface area contributed by atoms with Crippen molar-refractivity contribution in [2.24, 2.45) is 5.73 Å². The molecule has 2 N–H and O–H groups in total. The Morgan fingerprint density at radius 3 is 2.67 bits per heavy atom. The average molecular weight is 246 g/mol. The molecule has 98 valence electrons. The number of fused-ring (bicyclic) bond motifs is 1. The standard InChI is InChI=1S/C15H22N2O/c1-4-5-6-9-17-14-11(3)10(2)7-8-12(14)13(16)15(17)18/h7-8,13H,4-6,9,16H2,1-3H3. The van der Waals surface area contributed by atoms with Gasteiger partial charge in [-0.25, -0.2) is 0 Å². The lowest BCUT2D eigenvalue weighted by atomic mass is 10.0. The number of unbranched alkanes of at least 4 members (excludes halogenated alkanes) is 2. The van der Waals surface area contributed by atoms with Crippen molar-refractivity contribution in [2.75, 3.05) is 11.4 Å². The normalized spacial score (nSPS) is 18.3. The summed E-state index contributed by atoms with van der Waals surface area (Å²) in [6.07, 6.45) is 3.36. The van der Waals surface area contributed by atoms with E-state index in [1.807, 2.05) is 11.0 Å². The van der Waals surface area contributed by atoms with Crippen molar-refractivity contribution in [2.45, 2.75) is 46.1 Å². The fourth-order valence-electron chi connectivity index (χ4n) is 2.58. The molecule has 1 unspecified atom stereocenters. The first-order valence-corrected chi connectivity index (χ1v) is 6.75. The van der Waals surface area contributed by atoms with E-state index in [0.29, 0.717) is 0 Å². The van der Waals surface area contributed by atoms with Crippen LogP contribution in [-0.2, 0) is 4.79 Å². The molecule has 3 heteroatoms. The van der Waals surface area contributed by atoms with Crippen LogP contribution in [0.2, 0.25) is 0 Å². The highest BCUT2D eigenvalue weighted by Crippen LogP contribution is 2.38. The Bertz CT molecular complexity index is 468. The minimum atomic E-state index is -0.471. The van der Waals surface area contributed by atoms with Crippen molar-refractivity contribution in [3.8, 4) is 0 Å². The number of hydrogen-bond acceptors (Lipinski definition) is 2. The molecule has 0 spiro atoms. The fourth-order valence-corrected chi connectivity index (χ4v) is 2.58. The van der Waals surface area contributed by atoms with Gasteiger partial charge in [0.05, 0.1) is 5.69 Å². The SMILES string of the molecule is CCCCCN1C(=O)C(N)c2ccc(C)c(C)c21. The van der Waals surface area contributed by atoms with Gasteiger partial charge < -0.3 is 10.6 Å². The molecule has 3 nitrogen and oxygen atoms in total. The van der Waals surface area contributed by atoms with Crippen LogP contribution in [0.25, 0.3) is 0 Å². The molecule has 1 aromatic rings. The van der Waals surface area contributed by atoms with E-state index in [-0.39, 0.29) is 5.91 Å². The van der Waals surface area contributed by atoms with Gasteiger partial charge >= 0.3 is 0 Å². The Morgan fingerprint density at radius 2 is 2.00 bits per heavy atom. The number of nitrogens with zero attached hydrogens (tertiary/aromatic N) is 1. The minimum Gasteiger partial charge on any atom is -0.316 e. The molecule has 1 atom stereocenters. The van der Waals surface area contributed by atoms with Crippen LogP contribution in [-0.4, -0.2) is 12.5 Å². The molecule has 0 aliphatic carbocycles. The van der Waals surface area contributed by atoms with Crippen molar-refractivity contribution >= 4 is 11.6 Å². The molecular weight excluding hydrogens is 224 g/mol. The van der Waals surface area contributed by atoms with Gasteiger partial charge in [0, 0.05) is 12.1 Å². The predicted octanol–water partition coefficient (Wildman–Crippen LogP) is 2.84. The summed E-state index contributed by atoms with van der Waals surface area (Å²) in [6.45, 7) is 7.11. The van der Waals surface area contributed by atoms with Gasteiger partial charge in [0.2, 0.25) is 5.91 Å². The number of hydrogen-bond donors (Lipinski definition) is 1. The number of rotatable bonds is 4. The van der Waals surface area contributed by atoms with E-state index >= 15 is 0 Å². The first-order valence-electron chi connectivity index (χ1n) is 6.75. The third kappa shape index (κ3) is 2.03. The van der Waals surface area contributed by atoms with Gasteiger partial charge in [-0.3, -0.25) is 4.79 Å². The third-order valence-electron chi connectivity index (χ3n) is 3.86. The molecule has 1 aliphatic rings. The molecule has 1 heterocycles. The van der Waals surface area contributed by atoms with Gasteiger partial charge in [0.15, 0.2) is 0 Å². The summed E-state index contributed by atoms with van der Waals surface area (Å²) in [7, 11) is 0. The van der Waals surface area contributed by atoms with Gasteiger partial charge in [-0.1, -0.05) is 31.9 Å². The van der Waals surface area contributed by atoms with Crippen LogP contribution in [0.1, 0.15) is 48.9 Å². The van der Waals surface area contributed by atoms with Crippen LogP contribution in [0.3, 0.4) is 0 Å². The average Bonchev–Trinajstić information content (AvgIpc) is 2.60. The summed E-state index contributed by atoms with van der Waals surface area (Å²) in [4.78, 5) is 14.1. The Balaban J connectivity index is 2.34. The number of amides is 1. The summed E-state index contributed by atoms with van der Waals surface area (Å²) < 4.78 is 0. The zero-order valence-corrected chi connectivity index (χ0v) is 11.5. The quantitative estimate of drug-likeness (QED) is 0.830. The second kappa shape index (κ2) is 5.11. The van der Waals surface area contributed by atoms with E-state index < -0.39 is 6.04 Å². The number of nitrogens with two attached hydrogens (primary N) is 1. The Morgan fingerprint density at radius 1 is 1.28 bits per heavy atom. The molecular formula is C15H22N2O. The van der Waals surface area contributed by atoms with E-state index in [1.165, 1.54) is 11.1 Å². The fraction of sp³-hybridized carbons (Fsp3) is 0.533. The topological polar surface area (TPSA) is 46.3 Å². The summed E-state index contributed by atoms with van der Waals surface area (Å²) in [6, 6.07) is 3.58. The molecule has 0 saturated heterocycles. The first kappa shape index (κ1) is 13.1. The zero-order chi connectivity index (χ0) is 13.3. The summed E-state index contributed by atoms with van der Waals surface area (Å²) in [5.74, 6) is 0.0507. The van der Waals surface area contributed by atoms with Gasteiger partial charge in [0.1, 0.15) is 6.04 Å². The Hall–Kier alpha value is -1.35. The molecule has 2 rings (SSSR count). The van der Waals surface area contributed by atoms with Crippen molar-refractivity contribution in [1.29, 1.82) is 0 Å². The van der Waals surface area contributed by atoms with E-state index in [4.69, 9.17) is 5.73 Å². The van der Waals surface area contributed by atoms with Crippen LogP contribution in [0.15, 0.2) is 12.1 Å². The molecule has 1 aliphatic heterocycles. The third-order valence-corrected chi connectivity index (χ3v) is 3.86. The first-order chi connectivity index (χ1) is 8.57. The zero-order valence-electron chi connectivity index (χ0n) is 11.5. The van der Waals surface area contributed by atoms with Crippen LogP contribution < -0.4 is 10.6 Å². The Kier molecular flexibility index (Phi) is 3.71. The maximum atomic E-state index is 12.2. The molecule has 0 fully saturated rings. The highest BCUT2D eigenvalue weighted by molar-refractivity contribution is 6.05. The lowest BCUT2D eigenvalue weighted by molar-refractivity contribution is -0.119. The Labute approximate surface area is 109 Å². The van der Waals surface area contributed by atoms with Crippen molar-refractivity contribution in [1.82, 2.24) is 0 Å². The summed E-state index contributed by atoms with van der Waals surface area (Å²) in [5.41, 5.74) is 10.5. The molecule has 1 aromatic carbocycles. The lowest BCUT2D eigenvalue weighted by Crippen LogP contribution is -2.32. The predicted molar refractivity (Wildman–Crippen MR) is 74.7 cm³/mol. The van der Waals surface area contributed by atoms with Gasteiger partial charge in [-0.15, -0.1) is 0 Å². The van der Waals surface area contributed by atoms with E-state index in [0.717, 1.165) is 37.1 Å². The van der Waals surface area contributed by atoms with Gasteiger partial charge in [-0.05, 0) is 31.4 Å². The highest BCUT2D eigenvalue weighted by atomic mass is 16.2. The summed E-state index contributed by atoms with van der Waals surface area (Å²) in [5, 5.41) is 0. The maximum absolute atomic E-state index is 12.2. The largest absolute Gasteiger partial charge is 0.316 e. The molecule has 0 bridgehead atoms. The number of aryl methyl sites for hydroxylation is 1. The smallest absolute Gasteiger partial charge is 0.248 e. The van der Waals surface area contributed by atoms with E-state index in [2.05, 4.69) is 26.8 Å². The highest BCUT2D eigenvalue weighted by Gasteiger charge is 2.35. The lowest BCUT2D eigenvalue weighted by Gasteiger charge is -2.20. The molecule has 0 aromatic heterocycles. The van der Waals surface area contributed by atoms with Crippen molar-refractivity contribution in [3.63, 3.8) is 0 Å².